The van der Waals surface area contributed by atoms with Crippen LogP contribution in [0.25, 0.3) is 31.3 Å². The Labute approximate surface area is 49.2 Å². The summed E-state index contributed by atoms with van der Waals surface area (Å²) in [5.74, 6) is 0. The van der Waals surface area contributed by atoms with Crippen LogP contribution in [0.4, 0.5) is 0 Å². The maximum absolute atomic E-state index is 6.86. The van der Waals surface area contributed by atoms with E-state index in [1.807, 2.05) is 0 Å². The Morgan fingerprint density at radius 1 is 0.667 bits per heavy atom. The topological polar surface area (TPSA) is 181 Å². The molecule has 48 valence electrons. The highest BCUT2D eigenvalue weighted by molar-refractivity contribution is 4.18. The molecule has 0 spiro atoms. The van der Waals surface area contributed by atoms with Gasteiger partial charge in [0.05, 0.1) is 0 Å². The second-order valence-electron chi connectivity index (χ2n) is 0.300. The lowest BCUT2D eigenvalue weighted by Gasteiger charge is -1.03. The molecule has 0 saturated carbocycles. The van der Waals surface area contributed by atoms with E-state index in [1.54, 1.807) is 14.7 Å². The van der Waals surface area contributed by atoms with Gasteiger partial charge in [-0.2, -0.15) is 0 Å². The van der Waals surface area contributed by atoms with Crippen molar-refractivity contribution in [2.45, 2.75) is 0 Å². The molecule has 9 heavy (non-hydrogen) atoms. The van der Waals surface area contributed by atoms with Crippen LogP contribution in [0, 0.1) is 16.6 Å². The molecule has 0 aromatic carbocycles. The van der Waals surface area contributed by atoms with Crippen molar-refractivity contribution in [1.82, 2.24) is 0 Å². The van der Waals surface area contributed by atoms with Crippen LogP contribution in [-0.2, 0) is 0 Å². The zero-order chi connectivity index (χ0) is 8.12. The first kappa shape index (κ1) is 15.8. The molecular weight excluding hydrogens is 126 g/mol. The lowest BCUT2D eigenvalue weighted by atomic mass is 13.0. The summed E-state index contributed by atoms with van der Waals surface area (Å²) in [5, 5.41) is 0. The molecule has 0 aromatic heterocycles. The fourth-order valence-electron chi connectivity index (χ4n) is 0. The van der Waals surface area contributed by atoms with E-state index >= 15 is 0 Å². The van der Waals surface area contributed by atoms with Crippen molar-refractivity contribution in [3.05, 3.63) is 31.3 Å². The van der Waals surface area contributed by atoms with Gasteiger partial charge in [0.1, 0.15) is 0 Å². The highest BCUT2D eigenvalue weighted by atomic mass is 15.0. The van der Waals surface area contributed by atoms with Gasteiger partial charge in [-0.1, -0.05) is 0 Å². The molecule has 3 N–H and O–H groups in total. The second-order valence-corrected chi connectivity index (χ2v) is 0.300. The van der Waals surface area contributed by atoms with Crippen molar-refractivity contribution in [2.75, 3.05) is 0 Å². The van der Waals surface area contributed by atoms with Crippen LogP contribution in [0.5, 0.6) is 0 Å². The van der Waals surface area contributed by atoms with Crippen LogP contribution in [-0.4, -0.2) is 0 Å². The molecule has 0 saturated heterocycles. The lowest BCUT2D eigenvalue weighted by Crippen LogP contribution is -0.769. The summed E-state index contributed by atoms with van der Waals surface area (Å²) in [5.41, 5.74) is 36.8. The van der Waals surface area contributed by atoms with E-state index < -0.39 is 0 Å². The predicted molar refractivity (Wildman–Crippen MR) is 28.3 cm³/mol. The first-order valence-corrected chi connectivity index (χ1v) is 1.27. The summed E-state index contributed by atoms with van der Waals surface area (Å²) in [6.45, 7) is 0. The first-order valence-electron chi connectivity index (χ1n) is 1.27. The van der Waals surface area contributed by atoms with Crippen molar-refractivity contribution in [3.63, 3.8) is 0 Å². The van der Waals surface area contributed by atoms with Crippen molar-refractivity contribution < 1.29 is 0 Å². The van der Waals surface area contributed by atoms with Gasteiger partial charge in [-0.15, -0.1) is 16.6 Å². The zero-order valence-corrected chi connectivity index (χ0v) is 4.18. The zero-order valence-electron chi connectivity index (χ0n) is 4.18. The molecule has 0 aliphatic rings. The predicted octanol–water partition coefficient (Wildman–Crippen LogP) is 2.63. The molecule has 0 unspecified atom stereocenters. The summed E-state index contributed by atoms with van der Waals surface area (Å²) >= 11 is 0. The van der Waals surface area contributed by atoms with Crippen molar-refractivity contribution in [1.29, 1.82) is 16.6 Å². The molecule has 0 aliphatic heterocycles. The number of hydrogen-bond acceptors (Lipinski definition) is 3. The van der Waals surface area contributed by atoms with Gasteiger partial charge in [-0.05, 0) is 31.3 Å². The molecule has 0 aromatic rings. The summed E-state index contributed by atoms with van der Waals surface area (Å²) in [6, 6.07) is 0. The van der Waals surface area contributed by atoms with E-state index in [9.17, 15) is 0 Å². The SMILES string of the molecule is [N-]=[N+]=N.[N-]=[N+]=N.[N-]=[N+]=N. The van der Waals surface area contributed by atoms with E-state index in [-0.39, 0.29) is 0 Å². The summed E-state index contributed by atoms with van der Waals surface area (Å²) in [4.78, 5) is 5.25. The van der Waals surface area contributed by atoms with E-state index in [4.69, 9.17) is 33.2 Å². The van der Waals surface area contributed by atoms with Gasteiger partial charge in [0, 0.05) is 0 Å². The summed E-state index contributed by atoms with van der Waals surface area (Å²) in [6.07, 6.45) is 0. The van der Waals surface area contributed by atoms with Crippen molar-refractivity contribution in [2.24, 2.45) is 0 Å². The first-order chi connectivity index (χ1) is 4.24. The van der Waals surface area contributed by atoms with Crippen LogP contribution >= 0.6 is 0 Å². The minimum Gasteiger partial charge on any atom is -0.108 e. The molecule has 0 fully saturated rings. The fraction of sp³-hybridized carbons (Fsp3) is 0. The molecule has 0 bridgehead atoms. The largest absolute Gasteiger partial charge is 0.108 e. The standard InChI is InChI=1S/3HN3/c3*1-3-2/h3*1H. The average molecular weight is 129 g/mol. The third-order valence-corrected chi connectivity index (χ3v) is 0. The average Bonchev–Trinajstić information content (AvgIpc) is 1.70. The van der Waals surface area contributed by atoms with Gasteiger partial charge < -0.3 is 0 Å². The Bertz CT molecular complexity index is 91.6. The molecule has 0 rings (SSSR count). The Kier molecular flexibility index (Phi) is 292. The lowest BCUT2D eigenvalue weighted by molar-refractivity contribution is 1.45. The van der Waals surface area contributed by atoms with Gasteiger partial charge in [-0.25, -0.2) is 0 Å². The normalized spacial score (nSPS) is 2.67. The van der Waals surface area contributed by atoms with Gasteiger partial charge >= 0.3 is 0 Å². The molecule has 9 nitrogen and oxygen atoms in total. The minimum absolute atomic E-state index is 1.75. The van der Waals surface area contributed by atoms with E-state index in [1.165, 1.54) is 0 Å². The molecule has 0 radical (unpaired) electrons. The van der Waals surface area contributed by atoms with Crippen molar-refractivity contribution >= 4 is 0 Å². The summed E-state index contributed by atoms with van der Waals surface area (Å²) < 4.78 is 0. The van der Waals surface area contributed by atoms with Gasteiger partial charge in [-0.3, -0.25) is 0 Å². The van der Waals surface area contributed by atoms with Crippen molar-refractivity contribution in [3.8, 4) is 0 Å². The smallest absolute Gasteiger partial charge is 0.00208 e. The highest BCUT2D eigenvalue weighted by Gasteiger charge is 0.979. The Morgan fingerprint density at radius 3 is 0.667 bits per heavy atom. The molecular formula is H3N9. The molecule has 0 amide bonds. The Balaban J connectivity index is -0.0000000600. The Morgan fingerprint density at radius 2 is 0.667 bits per heavy atom. The molecule has 0 heterocycles. The van der Waals surface area contributed by atoms with Gasteiger partial charge in [0.2, 0.25) is 0 Å². The quantitative estimate of drug-likeness (QED) is 0.247. The molecule has 0 atom stereocenters. The number of rotatable bonds is 0. The third kappa shape index (κ3) is 21.4. The van der Waals surface area contributed by atoms with Crippen LogP contribution in [0.3, 0.4) is 0 Å². The Hall–Kier alpha value is -2.07. The number of nitrogens with zero attached hydrogens (tertiary/aromatic N) is 6. The van der Waals surface area contributed by atoms with Crippen LogP contribution in [0.2, 0.25) is 0 Å². The monoisotopic (exact) mass is 129 g/mol. The van der Waals surface area contributed by atoms with E-state index in [0.29, 0.717) is 0 Å². The molecule has 9 heteroatoms. The number of nitrogens with one attached hydrogen (secondary N) is 3. The number of hydrogen-bond donors (Lipinski definition) is 3. The van der Waals surface area contributed by atoms with Crippen LogP contribution < -0.4 is 0 Å². The maximum Gasteiger partial charge on any atom is -0.00208 e. The van der Waals surface area contributed by atoms with Gasteiger partial charge in [0.25, 0.3) is 0 Å². The van der Waals surface area contributed by atoms with E-state index in [2.05, 4.69) is 0 Å². The summed E-state index contributed by atoms with van der Waals surface area (Å²) in [7, 11) is 0. The third-order valence-electron chi connectivity index (χ3n) is 0. The highest BCUT2D eigenvalue weighted by Crippen LogP contribution is 1.25. The molecule has 0 aliphatic carbocycles. The maximum atomic E-state index is 6.86. The van der Waals surface area contributed by atoms with Gasteiger partial charge in [0.15, 0.2) is 0 Å². The van der Waals surface area contributed by atoms with E-state index in [0.717, 1.165) is 0 Å². The fourth-order valence-corrected chi connectivity index (χ4v) is 0. The second kappa shape index (κ2) is 167. The van der Waals surface area contributed by atoms with Crippen LogP contribution in [0.15, 0.2) is 0 Å². The minimum atomic E-state index is 1.75. The van der Waals surface area contributed by atoms with Crippen LogP contribution in [0.1, 0.15) is 0 Å².